The monoisotopic (exact) mass is 472 g/mol. The van der Waals surface area contributed by atoms with Crippen LogP contribution in [0, 0.1) is 10.1 Å². The molecular formula is C18H16BrF3N4O3. The molecule has 1 aromatic rings. The maximum Gasteiger partial charge on any atom is 0.416 e. The van der Waals surface area contributed by atoms with Crippen molar-refractivity contribution in [2.75, 3.05) is 6.54 Å². The second-order valence-corrected chi connectivity index (χ2v) is 7.71. The number of allylic oxidation sites excluding steroid dienone is 2. The van der Waals surface area contributed by atoms with Crippen molar-refractivity contribution >= 4 is 33.4 Å². The first-order valence-electron chi connectivity index (χ1n) is 8.57. The van der Waals surface area contributed by atoms with Gasteiger partial charge in [-0.3, -0.25) is 19.9 Å². The summed E-state index contributed by atoms with van der Waals surface area (Å²) in [6.07, 6.45) is -1.38. The van der Waals surface area contributed by atoms with Crippen molar-refractivity contribution in [2.45, 2.75) is 32.1 Å². The van der Waals surface area contributed by atoms with Crippen LogP contribution in [0.5, 0.6) is 0 Å². The Morgan fingerprint density at radius 3 is 2.72 bits per heavy atom. The predicted molar refractivity (Wildman–Crippen MR) is 103 cm³/mol. The summed E-state index contributed by atoms with van der Waals surface area (Å²) in [5, 5.41) is 13.6. The standard InChI is InChI=1S/C18H16BrF3N4O3/c1-9-7-25-8-13(19)6-15(16(25)23-9)17(27)24-10(2)11-3-12(18(20,21)22)5-14(4-11)26(28)29/h3-6,8-10H,7H2,1-2H3,(H,24,27)/t9-,10-/m1/s1. The van der Waals surface area contributed by atoms with Crippen LogP contribution < -0.4 is 5.32 Å². The fraction of sp³-hybridized carbons (Fsp3) is 0.333. The third-order valence-corrected chi connectivity index (χ3v) is 4.88. The van der Waals surface area contributed by atoms with E-state index < -0.39 is 34.3 Å². The third kappa shape index (κ3) is 4.50. The van der Waals surface area contributed by atoms with E-state index >= 15 is 0 Å². The van der Waals surface area contributed by atoms with Crippen LogP contribution in [0.1, 0.15) is 31.0 Å². The Bertz CT molecular complexity index is 972. The number of halogens is 4. The Morgan fingerprint density at radius 1 is 1.41 bits per heavy atom. The van der Waals surface area contributed by atoms with Crippen molar-refractivity contribution in [1.29, 1.82) is 0 Å². The number of carbonyl (C=O) groups excluding carboxylic acids is 1. The van der Waals surface area contributed by atoms with E-state index in [-0.39, 0.29) is 17.2 Å². The number of nitro benzene ring substituents is 1. The van der Waals surface area contributed by atoms with E-state index in [4.69, 9.17) is 0 Å². The van der Waals surface area contributed by atoms with Crippen LogP contribution in [0.15, 0.2) is 45.5 Å². The Kier molecular flexibility index (Phi) is 5.52. The van der Waals surface area contributed by atoms with Gasteiger partial charge in [0.05, 0.1) is 28.1 Å². The molecule has 2 atom stereocenters. The highest BCUT2D eigenvalue weighted by Gasteiger charge is 2.34. The van der Waals surface area contributed by atoms with Gasteiger partial charge in [0, 0.05) is 29.4 Å². The number of hydrogen-bond acceptors (Lipinski definition) is 5. The van der Waals surface area contributed by atoms with E-state index in [0.717, 1.165) is 12.1 Å². The second-order valence-electron chi connectivity index (χ2n) is 6.79. The Balaban J connectivity index is 1.88. The Morgan fingerprint density at radius 2 is 2.10 bits per heavy atom. The van der Waals surface area contributed by atoms with Crippen LogP contribution in [0.4, 0.5) is 18.9 Å². The molecule has 0 fully saturated rings. The van der Waals surface area contributed by atoms with Crippen LogP contribution in [0.25, 0.3) is 0 Å². The van der Waals surface area contributed by atoms with Gasteiger partial charge in [0.15, 0.2) is 0 Å². The van der Waals surface area contributed by atoms with Crippen LogP contribution in [0.2, 0.25) is 0 Å². The first-order valence-corrected chi connectivity index (χ1v) is 9.36. The number of nitrogens with zero attached hydrogens (tertiary/aromatic N) is 3. The highest BCUT2D eigenvalue weighted by molar-refractivity contribution is 9.11. The average Bonchev–Trinajstić information content (AvgIpc) is 2.99. The minimum absolute atomic E-state index is 0.0145. The largest absolute Gasteiger partial charge is 0.416 e. The van der Waals surface area contributed by atoms with Crippen molar-refractivity contribution < 1.29 is 22.9 Å². The molecule has 29 heavy (non-hydrogen) atoms. The lowest BCUT2D eigenvalue weighted by Crippen LogP contribution is -2.36. The van der Waals surface area contributed by atoms with E-state index in [9.17, 15) is 28.1 Å². The summed E-state index contributed by atoms with van der Waals surface area (Å²) in [7, 11) is 0. The van der Waals surface area contributed by atoms with Crippen molar-refractivity contribution in [3.63, 3.8) is 0 Å². The summed E-state index contributed by atoms with van der Waals surface area (Å²) < 4.78 is 40.0. The van der Waals surface area contributed by atoms with Crippen molar-refractivity contribution in [2.24, 2.45) is 4.99 Å². The highest BCUT2D eigenvalue weighted by atomic mass is 79.9. The van der Waals surface area contributed by atoms with Crippen LogP contribution in [-0.4, -0.2) is 34.2 Å². The number of aliphatic imine (C=N–C) groups is 1. The number of non-ortho nitro benzene ring substituents is 1. The van der Waals surface area contributed by atoms with Gasteiger partial charge in [-0.25, -0.2) is 0 Å². The predicted octanol–water partition coefficient (Wildman–Crippen LogP) is 4.07. The van der Waals surface area contributed by atoms with Gasteiger partial charge in [0.1, 0.15) is 5.84 Å². The van der Waals surface area contributed by atoms with Crippen LogP contribution >= 0.6 is 15.9 Å². The number of carbonyl (C=O) groups is 1. The number of hydrogen-bond donors (Lipinski definition) is 1. The van der Waals surface area contributed by atoms with Crippen molar-refractivity contribution in [1.82, 2.24) is 10.2 Å². The summed E-state index contributed by atoms with van der Waals surface area (Å²) in [6, 6.07) is 1.37. The second kappa shape index (κ2) is 7.62. The maximum absolute atomic E-state index is 13.1. The van der Waals surface area contributed by atoms with E-state index in [1.54, 1.807) is 12.3 Å². The molecule has 0 spiro atoms. The molecule has 0 radical (unpaired) electrons. The van der Waals surface area contributed by atoms with Gasteiger partial charge in [0.2, 0.25) is 0 Å². The minimum atomic E-state index is -4.75. The van der Waals surface area contributed by atoms with Gasteiger partial charge in [-0.05, 0) is 47.5 Å². The molecular weight excluding hydrogens is 457 g/mol. The van der Waals surface area contributed by atoms with Crippen LogP contribution in [-0.2, 0) is 11.0 Å². The molecule has 0 saturated carbocycles. The number of fused-ring (bicyclic) bond motifs is 1. The third-order valence-electron chi connectivity index (χ3n) is 4.45. The van der Waals surface area contributed by atoms with Crippen molar-refractivity contribution in [3.8, 4) is 0 Å². The highest BCUT2D eigenvalue weighted by Crippen LogP contribution is 2.34. The van der Waals surface area contributed by atoms with Crippen LogP contribution in [0.3, 0.4) is 0 Å². The molecule has 2 aliphatic rings. The van der Waals surface area contributed by atoms with E-state index in [1.807, 2.05) is 11.8 Å². The first-order chi connectivity index (χ1) is 13.5. The zero-order valence-corrected chi connectivity index (χ0v) is 16.9. The zero-order valence-electron chi connectivity index (χ0n) is 15.3. The van der Waals surface area contributed by atoms with E-state index in [2.05, 4.69) is 26.2 Å². The lowest BCUT2D eigenvalue weighted by Gasteiger charge is -2.23. The van der Waals surface area contributed by atoms with E-state index in [0.29, 0.717) is 22.9 Å². The Labute approximate surface area is 172 Å². The van der Waals surface area contributed by atoms with Gasteiger partial charge in [-0.15, -0.1) is 0 Å². The number of alkyl halides is 3. The normalized spacial score (nSPS) is 19.7. The molecule has 1 amide bonds. The summed E-state index contributed by atoms with van der Waals surface area (Å²) in [4.78, 5) is 29.1. The molecule has 11 heteroatoms. The van der Waals surface area contributed by atoms with Gasteiger partial charge in [-0.2, -0.15) is 13.2 Å². The molecule has 2 aliphatic heterocycles. The molecule has 154 valence electrons. The maximum atomic E-state index is 13.1. The number of amides is 1. The molecule has 0 bridgehead atoms. The number of nitrogens with one attached hydrogen (secondary N) is 1. The topological polar surface area (TPSA) is 87.8 Å². The van der Waals surface area contributed by atoms with Crippen molar-refractivity contribution in [3.05, 3.63) is 61.8 Å². The molecule has 0 aromatic heterocycles. The molecule has 0 unspecified atom stereocenters. The fourth-order valence-corrected chi connectivity index (χ4v) is 3.58. The fourth-order valence-electron chi connectivity index (χ4n) is 3.10. The van der Waals surface area contributed by atoms with Gasteiger partial charge < -0.3 is 10.2 Å². The Hall–Kier alpha value is -2.69. The molecule has 0 saturated heterocycles. The molecule has 0 aliphatic carbocycles. The molecule has 2 heterocycles. The summed E-state index contributed by atoms with van der Waals surface area (Å²) in [6.45, 7) is 3.96. The molecule has 7 nitrogen and oxygen atoms in total. The first kappa shape index (κ1) is 21.0. The SMILES string of the molecule is C[C@@H]1CN2C=C(Br)C=C(C(=O)N[C@H](C)c3cc([N+](=O)[O-])cc(C(F)(F)F)c3)C2=N1. The summed E-state index contributed by atoms with van der Waals surface area (Å²) >= 11 is 3.33. The summed E-state index contributed by atoms with van der Waals surface area (Å²) in [5.41, 5.74) is -1.61. The van der Waals surface area contributed by atoms with Gasteiger partial charge in [-0.1, -0.05) is 0 Å². The van der Waals surface area contributed by atoms with E-state index in [1.165, 1.54) is 6.92 Å². The molecule has 1 aromatic carbocycles. The number of rotatable bonds is 4. The summed E-state index contributed by atoms with van der Waals surface area (Å²) in [5.74, 6) is -0.0686. The molecule has 1 N–H and O–H groups in total. The number of benzene rings is 1. The smallest absolute Gasteiger partial charge is 0.345 e. The quantitative estimate of drug-likeness (QED) is 0.528. The number of amidine groups is 1. The number of nitro groups is 1. The van der Waals surface area contributed by atoms with Gasteiger partial charge in [0.25, 0.3) is 11.6 Å². The lowest BCUT2D eigenvalue weighted by atomic mass is 10.0. The minimum Gasteiger partial charge on any atom is -0.345 e. The molecule has 3 rings (SSSR count). The van der Waals surface area contributed by atoms with Gasteiger partial charge >= 0.3 is 6.18 Å². The average molecular weight is 473 g/mol. The zero-order chi connectivity index (χ0) is 21.5. The lowest BCUT2D eigenvalue weighted by molar-refractivity contribution is -0.385.